The summed E-state index contributed by atoms with van der Waals surface area (Å²) >= 11 is 5.93. The van der Waals surface area contributed by atoms with Crippen LogP contribution in [0.3, 0.4) is 0 Å². The largest absolute Gasteiger partial charge is 0.371 e. The van der Waals surface area contributed by atoms with Gasteiger partial charge in [-0.15, -0.1) is 0 Å². The molecule has 6 heteroatoms. The number of benzene rings is 1. The molecule has 2 aromatic rings. The second-order valence-electron chi connectivity index (χ2n) is 6.33. The monoisotopic (exact) mass is 346 g/mol. The van der Waals surface area contributed by atoms with Crippen molar-refractivity contribution in [3.63, 3.8) is 0 Å². The van der Waals surface area contributed by atoms with E-state index in [-0.39, 0.29) is 6.03 Å². The highest BCUT2D eigenvalue weighted by atomic mass is 35.5. The molecule has 1 atom stereocenters. The van der Waals surface area contributed by atoms with E-state index in [9.17, 15) is 4.79 Å². The number of nitrogens with zero attached hydrogens (tertiary/aromatic N) is 2. The Morgan fingerprint density at radius 2 is 2.04 bits per heavy atom. The Morgan fingerprint density at radius 1 is 1.25 bits per heavy atom. The van der Waals surface area contributed by atoms with Gasteiger partial charge >= 0.3 is 6.03 Å². The first kappa shape index (κ1) is 16.7. The van der Waals surface area contributed by atoms with Crippen LogP contribution >= 0.6 is 11.6 Å². The topological polar surface area (TPSA) is 49.3 Å². The smallest absolute Gasteiger partial charge is 0.315 e. The first-order valence-electron chi connectivity index (χ1n) is 8.23. The summed E-state index contributed by atoms with van der Waals surface area (Å²) < 4.78 is 1.97. The number of urea groups is 1. The van der Waals surface area contributed by atoms with Crippen LogP contribution in [0.1, 0.15) is 12.0 Å². The van der Waals surface area contributed by atoms with E-state index < -0.39 is 0 Å². The molecule has 1 saturated heterocycles. The van der Waals surface area contributed by atoms with E-state index in [1.54, 1.807) is 0 Å². The van der Waals surface area contributed by atoms with Crippen LogP contribution < -0.4 is 15.5 Å². The van der Waals surface area contributed by atoms with Gasteiger partial charge in [0, 0.05) is 56.3 Å². The van der Waals surface area contributed by atoms with Gasteiger partial charge in [-0.25, -0.2) is 4.79 Å². The molecule has 0 bridgehead atoms. The van der Waals surface area contributed by atoms with Crippen LogP contribution in [-0.4, -0.2) is 30.2 Å². The Hall–Kier alpha value is -2.14. The molecule has 1 fully saturated rings. The molecule has 2 amide bonds. The zero-order valence-electron chi connectivity index (χ0n) is 13.8. The number of hydrogen-bond donors (Lipinski definition) is 2. The first-order chi connectivity index (χ1) is 11.6. The quantitative estimate of drug-likeness (QED) is 0.874. The third-order valence-electron chi connectivity index (χ3n) is 4.38. The summed E-state index contributed by atoms with van der Waals surface area (Å²) in [7, 11) is 1.97. The number of amides is 2. The van der Waals surface area contributed by atoms with Crippen molar-refractivity contribution in [3.8, 4) is 0 Å². The van der Waals surface area contributed by atoms with Crippen LogP contribution in [0.2, 0.25) is 5.02 Å². The number of rotatable bonds is 5. The molecule has 1 aliphatic rings. The predicted molar refractivity (Wildman–Crippen MR) is 97.4 cm³/mol. The molecular weight excluding hydrogens is 324 g/mol. The third kappa shape index (κ3) is 4.45. The summed E-state index contributed by atoms with van der Waals surface area (Å²) in [6.45, 7) is 3.22. The molecule has 0 spiro atoms. The van der Waals surface area contributed by atoms with Gasteiger partial charge < -0.3 is 20.1 Å². The highest BCUT2D eigenvalue weighted by molar-refractivity contribution is 6.30. The molecular formula is C18H23ClN4O. The van der Waals surface area contributed by atoms with Gasteiger partial charge in [0.1, 0.15) is 0 Å². The second-order valence-corrected chi connectivity index (χ2v) is 6.76. The van der Waals surface area contributed by atoms with Crippen LogP contribution in [0.5, 0.6) is 0 Å². The lowest BCUT2D eigenvalue weighted by molar-refractivity contribution is 0.239. The molecule has 5 nitrogen and oxygen atoms in total. The molecule has 2 N–H and O–H groups in total. The zero-order chi connectivity index (χ0) is 16.9. The number of nitrogens with one attached hydrogen (secondary N) is 2. The van der Waals surface area contributed by atoms with Gasteiger partial charge in [0.05, 0.1) is 0 Å². The molecule has 1 aliphatic heterocycles. The van der Waals surface area contributed by atoms with Crippen molar-refractivity contribution < 1.29 is 4.79 Å². The maximum Gasteiger partial charge on any atom is 0.315 e. The molecule has 128 valence electrons. The lowest BCUT2D eigenvalue weighted by atomic mass is 10.1. The minimum atomic E-state index is -0.108. The van der Waals surface area contributed by atoms with Crippen LogP contribution in [-0.2, 0) is 13.6 Å². The van der Waals surface area contributed by atoms with Crippen LogP contribution in [0.15, 0.2) is 42.7 Å². The number of carbonyl (C=O) groups excluding carboxylic acids is 1. The number of aryl methyl sites for hydroxylation is 1. The van der Waals surface area contributed by atoms with Crippen molar-refractivity contribution in [2.75, 3.05) is 24.5 Å². The van der Waals surface area contributed by atoms with E-state index in [0.29, 0.717) is 19.0 Å². The molecule has 1 aromatic heterocycles. The third-order valence-corrected chi connectivity index (χ3v) is 4.63. The number of anilines is 1. The maximum atomic E-state index is 11.9. The SMILES string of the molecule is Cn1ccc(CNC(=O)NCC2CCN(c3ccc(Cl)cc3)C2)c1. The Bertz CT molecular complexity index is 683. The van der Waals surface area contributed by atoms with Crippen LogP contribution in [0.4, 0.5) is 10.5 Å². The predicted octanol–water partition coefficient (Wildman–Crippen LogP) is 3.00. The van der Waals surface area contributed by atoms with Gasteiger partial charge in [-0.1, -0.05) is 11.6 Å². The van der Waals surface area contributed by atoms with Crippen molar-refractivity contribution in [1.82, 2.24) is 15.2 Å². The van der Waals surface area contributed by atoms with Gasteiger partial charge in [0.15, 0.2) is 0 Å². The molecule has 3 rings (SSSR count). The summed E-state index contributed by atoms with van der Waals surface area (Å²) in [6.07, 6.45) is 5.06. The van der Waals surface area contributed by atoms with E-state index in [0.717, 1.165) is 30.1 Å². The molecule has 1 aromatic carbocycles. The van der Waals surface area contributed by atoms with E-state index in [2.05, 4.69) is 15.5 Å². The zero-order valence-corrected chi connectivity index (χ0v) is 14.6. The Kier molecular flexibility index (Phi) is 5.30. The fourth-order valence-corrected chi connectivity index (χ4v) is 3.16. The maximum absolute atomic E-state index is 11.9. The molecule has 24 heavy (non-hydrogen) atoms. The number of carbonyl (C=O) groups is 1. The van der Waals surface area contributed by atoms with E-state index in [1.807, 2.05) is 54.3 Å². The lowest BCUT2D eigenvalue weighted by Gasteiger charge is -2.19. The van der Waals surface area contributed by atoms with Crippen molar-refractivity contribution in [2.24, 2.45) is 13.0 Å². The fourth-order valence-electron chi connectivity index (χ4n) is 3.03. The standard InChI is InChI=1S/C18H23ClN4O/c1-22-8-6-14(12-22)10-20-18(24)21-11-15-7-9-23(13-15)17-4-2-16(19)3-5-17/h2-6,8,12,15H,7,9-11,13H2,1H3,(H2,20,21,24). The van der Waals surface area contributed by atoms with E-state index >= 15 is 0 Å². The van der Waals surface area contributed by atoms with Gasteiger partial charge in [-0.05, 0) is 48.2 Å². The van der Waals surface area contributed by atoms with E-state index in [4.69, 9.17) is 11.6 Å². The van der Waals surface area contributed by atoms with Gasteiger partial charge in [0.2, 0.25) is 0 Å². The van der Waals surface area contributed by atoms with Gasteiger partial charge in [-0.2, -0.15) is 0 Å². The molecule has 0 radical (unpaired) electrons. The van der Waals surface area contributed by atoms with Crippen LogP contribution in [0, 0.1) is 5.92 Å². The summed E-state index contributed by atoms with van der Waals surface area (Å²) in [5, 5.41) is 6.63. The number of hydrogen-bond acceptors (Lipinski definition) is 2. The van der Waals surface area contributed by atoms with Crippen molar-refractivity contribution in [2.45, 2.75) is 13.0 Å². The average Bonchev–Trinajstić information content (AvgIpc) is 3.21. The first-order valence-corrected chi connectivity index (χ1v) is 8.61. The molecule has 1 unspecified atom stereocenters. The minimum Gasteiger partial charge on any atom is -0.371 e. The molecule has 2 heterocycles. The van der Waals surface area contributed by atoms with Gasteiger partial charge in [0.25, 0.3) is 0 Å². The van der Waals surface area contributed by atoms with Crippen molar-refractivity contribution in [3.05, 3.63) is 53.3 Å². The number of halogens is 1. The average molecular weight is 347 g/mol. The number of aromatic nitrogens is 1. The second kappa shape index (κ2) is 7.62. The van der Waals surface area contributed by atoms with E-state index in [1.165, 1.54) is 5.69 Å². The summed E-state index contributed by atoms with van der Waals surface area (Å²) in [6, 6.07) is 9.82. The highest BCUT2D eigenvalue weighted by Gasteiger charge is 2.23. The van der Waals surface area contributed by atoms with Crippen LogP contribution in [0.25, 0.3) is 0 Å². The Labute approximate surface area is 147 Å². The van der Waals surface area contributed by atoms with Crippen molar-refractivity contribution >= 4 is 23.3 Å². The normalized spacial score (nSPS) is 17.1. The highest BCUT2D eigenvalue weighted by Crippen LogP contribution is 2.24. The van der Waals surface area contributed by atoms with Gasteiger partial charge in [-0.3, -0.25) is 0 Å². The lowest BCUT2D eigenvalue weighted by Crippen LogP contribution is -2.38. The summed E-state index contributed by atoms with van der Waals surface area (Å²) in [5.74, 6) is 0.475. The fraction of sp³-hybridized carbons (Fsp3) is 0.389. The molecule has 0 saturated carbocycles. The minimum absolute atomic E-state index is 0.108. The Balaban J connectivity index is 1.39. The Morgan fingerprint density at radius 3 is 2.75 bits per heavy atom. The summed E-state index contributed by atoms with van der Waals surface area (Å²) in [4.78, 5) is 14.2. The molecule has 0 aliphatic carbocycles. The van der Waals surface area contributed by atoms with Crippen molar-refractivity contribution in [1.29, 1.82) is 0 Å². The summed E-state index contributed by atoms with van der Waals surface area (Å²) in [5.41, 5.74) is 2.29.